The summed E-state index contributed by atoms with van der Waals surface area (Å²) >= 11 is 0. The van der Waals surface area contributed by atoms with Crippen LogP contribution in [0, 0.1) is 11.3 Å². The lowest BCUT2D eigenvalue weighted by molar-refractivity contribution is -0.137. The van der Waals surface area contributed by atoms with Crippen molar-refractivity contribution >= 4 is 18.3 Å². The smallest absolute Gasteiger partial charge is 0.348 e. The number of aromatic amines is 1. The number of nitrogens with one attached hydrogen (secondary N) is 1. The van der Waals surface area contributed by atoms with E-state index in [-0.39, 0.29) is 12.2 Å². The van der Waals surface area contributed by atoms with Crippen LogP contribution in [0.5, 0.6) is 0 Å². The maximum absolute atomic E-state index is 11.3. The molecule has 0 aliphatic heterocycles. The molecule has 0 radical (unpaired) electrons. The van der Waals surface area contributed by atoms with Gasteiger partial charge in [0.2, 0.25) is 0 Å². The van der Waals surface area contributed by atoms with E-state index in [1.807, 2.05) is 0 Å². The summed E-state index contributed by atoms with van der Waals surface area (Å²) in [4.78, 5) is 24.4. The van der Waals surface area contributed by atoms with Gasteiger partial charge in [0, 0.05) is 5.69 Å². The first-order chi connectivity index (χ1) is 7.71. The Kier molecular flexibility index (Phi) is 4.04. The molecule has 0 aliphatic carbocycles. The van der Waals surface area contributed by atoms with Gasteiger partial charge >= 0.3 is 5.97 Å². The molecule has 0 saturated heterocycles. The molecule has 0 bridgehead atoms. The van der Waals surface area contributed by atoms with Gasteiger partial charge in [0.05, 0.1) is 12.3 Å². The summed E-state index contributed by atoms with van der Waals surface area (Å²) in [5.41, 5.74) is 0.778. The molecule has 0 saturated carbocycles. The van der Waals surface area contributed by atoms with Crippen LogP contribution in [0.4, 0.5) is 0 Å². The van der Waals surface area contributed by atoms with Gasteiger partial charge in [0.25, 0.3) is 0 Å². The highest BCUT2D eigenvalue weighted by Gasteiger charge is 2.09. The van der Waals surface area contributed by atoms with E-state index in [4.69, 9.17) is 5.26 Å². The van der Waals surface area contributed by atoms with Crippen molar-refractivity contribution in [3.05, 3.63) is 29.1 Å². The second-order valence-electron chi connectivity index (χ2n) is 2.88. The molecule has 1 aromatic rings. The fraction of sp³-hybridized carbons (Fsp3) is 0.182. The van der Waals surface area contributed by atoms with Crippen LogP contribution in [0.2, 0.25) is 0 Å². The van der Waals surface area contributed by atoms with E-state index in [1.165, 1.54) is 6.08 Å². The molecule has 0 unspecified atom stereocenters. The average molecular weight is 218 g/mol. The highest BCUT2D eigenvalue weighted by atomic mass is 16.5. The number of hydrogen-bond acceptors (Lipinski definition) is 4. The molecular formula is C11H10N2O3. The van der Waals surface area contributed by atoms with Crippen molar-refractivity contribution in [2.24, 2.45) is 0 Å². The molecule has 16 heavy (non-hydrogen) atoms. The Bertz CT molecular complexity index is 466. The third-order valence-electron chi connectivity index (χ3n) is 1.77. The first-order valence-corrected chi connectivity index (χ1v) is 4.64. The number of esters is 1. The molecule has 5 nitrogen and oxygen atoms in total. The summed E-state index contributed by atoms with van der Waals surface area (Å²) in [6.07, 6.45) is 1.98. The van der Waals surface area contributed by atoms with Gasteiger partial charge in [0.15, 0.2) is 6.29 Å². The number of nitriles is 1. The Morgan fingerprint density at radius 1 is 1.56 bits per heavy atom. The Balaban J connectivity index is 2.92. The van der Waals surface area contributed by atoms with Gasteiger partial charge < -0.3 is 9.72 Å². The number of hydrogen-bond donors (Lipinski definition) is 1. The second-order valence-corrected chi connectivity index (χ2v) is 2.88. The van der Waals surface area contributed by atoms with Crippen LogP contribution in [0.15, 0.2) is 17.7 Å². The largest absolute Gasteiger partial charge is 0.462 e. The molecule has 0 fully saturated rings. The van der Waals surface area contributed by atoms with Crippen molar-refractivity contribution < 1.29 is 14.3 Å². The van der Waals surface area contributed by atoms with E-state index in [0.29, 0.717) is 17.7 Å². The van der Waals surface area contributed by atoms with Crippen molar-refractivity contribution in [3.8, 4) is 6.07 Å². The SMILES string of the molecule is CCOC(=O)/C(C#N)=C\c1ccc(C=O)[nH]1. The van der Waals surface area contributed by atoms with Crippen LogP contribution in [-0.2, 0) is 9.53 Å². The van der Waals surface area contributed by atoms with E-state index in [0.717, 1.165) is 0 Å². The highest BCUT2D eigenvalue weighted by Crippen LogP contribution is 2.07. The Morgan fingerprint density at radius 3 is 2.75 bits per heavy atom. The lowest BCUT2D eigenvalue weighted by atomic mass is 10.2. The summed E-state index contributed by atoms with van der Waals surface area (Å²) < 4.78 is 4.69. The van der Waals surface area contributed by atoms with Gasteiger partial charge in [-0.3, -0.25) is 4.79 Å². The zero-order valence-corrected chi connectivity index (χ0v) is 8.69. The molecule has 5 heteroatoms. The number of carbonyl (C=O) groups is 2. The van der Waals surface area contributed by atoms with Crippen LogP contribution < -0.4 is 0 Å². The topological polar surface area (TPSA) is 82.9 Å². The van der Waals surface area contributed by atoms with E-state index >= 15 is 0 Å². The van der Waals surface area contributed by atoms with Crippen molar-refractivity contribution in [2.45, 2.75) is 6.92 Å². The van der Waals surface area contributed by atoms with Gasteiger partial charge in [-0.05, 0) is 25.1 Å². The summed E-state index contributed by atoms with van der Waals surface area (Å²) in [6.45, 7) is 1.87. The number of aldehydes is 1. The quantitative estimate of drug-likeness (QED) is 0.357. The van der Waals surface area contributed by atoms with Crippen LogP contribution in [0.1, 0.15) is 23.1 Å². The van der Waals surface area contributed by atoms with Gasteiger partial charge in [-0.2, -0.15) is 5.26 Å². The third-order valence-corrected chi connectivity index (χ3v) is 1.77. The standard InChI is InChI=1S/C11H10N2O3/c1-2-16-11(15)8(6-12)5-9-3-4-10(7-14)13-9/h3-5,7,13H,2H2,1H3/b8-5-. The molecule has 1 aromatic heterocycles. The van der Waals surface area contributed by atoms with Crippen LogP contribution in [0.3, 0.4) is 0 Å². The van der Waals surface area contributed by atoms with Crippen LogP contribution in [0.25, 0.3) is 6.08 Å². The second kappa shape index (κ2) is 5.51. The highest BCUT2D eigenvalue weighted by molar-refractivity contribution is 5.97. The molecule has 0 atom stereocenters. The fourth-order valence-corrected chi connectivity index (χ4v) is 1.08. The number of nitrogens with zero attached hydrogens (tertiary/aromatic N) is 1. The van der Waals surface area contributed by atoms with E-state index < -0.39 is 5.97 Å². The van der Waals surface area contributed by atoms with Crippen LogP contribution >= 0.6 is 0 Å². The number of ether oxygens (including phenoxy) is 1. The van der Waals surface area contributed by atoms with Gasteiger partial charge in [-0.1, -0.05) is 0 Å². The first kappa shape index (κ1) is 11.7. The summed E-state index contributed by atoms with van der Waals surface area (Å²) in [7, 11) is 0. The predicted octanol–water partition coefficient (Wildman–Crippen LogP) is 1.30. The predicted molar refractivity (Wildman–Crippen MR) is 56.4 cm³/mol. The minimum absolute atomic E-state index is 0.110. The summed E-state index contributed by atoms with van der Waals surface area (Å²) in [5.74, 6) is -0.674. The van der Waals surface area contributed by atoms with Crippen molar-refractivity contribution in [1.82, 2.24) is 4.98 Å². The molecule has 0 spiro atoms. The molecular weight excluding hydrogens is 208 g/mol. The third kappa shape index (κ3) is 2.82. The molecule has 82 valence electrons. The Morgan fingerprint density at radius 2 is 2.25 bits per heavy atom. The number of H-pyrrole nitrogens is 1. The lowest BCUT2D eigenvalue weighted by Gasteiger charge is -1.98. The minimum atomic E-state index is -0.674. The maximum atomic E-state index is 11.3. The van der Waals surface area contributed by atoms with Crippen molar-refractivity contribution in [2.75, 3.05) is 6.61 Å². The molecule has 0 amide bonds. The molecule has 0 aromatic carbocycles. The van der Waals surface area contributed by atoms with E-state index in [9.17, 15) is 9.59 Å². The fourth-order valence-electron chi connectivity index (χ4n) is 1.08. The summed E-state index contributed by atoms with van der Waals surface area (Å²) in [6, 6.07) is 4.89. The lowest BCUT2D eigenvalue weighted by Crippen LogP contribution is -2.06. The normalized spacial score (nSPS) is 10.6. The van der Waals surface area contributed by atoms with E-state index in [1.54, 1.807) is 25.1 Å². The first-order valence-electron chi connectivity index (χ1n) is 4.64. The van der Waals surface area contributed by atoms with Crippen molar-refractivity contribution in [1.29, 1.82) is 5.26 Å². The average Bonchev–Trinajstić information content (AvgIpc) is 2.73. The van der Waals surface area contributed by atoms with E-state index in [2.05, 4.69) is 9.72 Å². The Hall–Kier alpha value is -2.35. The number of rotatable bonds is 4. The van der Waals surface area contributed by atoms with Gasteiger partial charge in [-0.25, -0.2) is 4.79 Å². The van der Waals surface area contributed by atoms with Crippen molar-refractivity contribution in [3.63, 3.8) is 0 Å². The molecule has 1 N–H and O–H groups in total. The van der Waals surface area contributed by atoms with Gasteiger partial charge in [-0.15, -0.1) is 0 Å². The molecule has 1 rings (SSSR count). The molecule has 1 heterocycles. The minimum Gasteiger partial charge on any atom is -0.462 e. The zero-order chi connectivity index (χ0) is 12.0. The number of aromatic nitrogens is 1. The molecule has 0 aliphatic rings. The zero-order valence-electron chi connectivity index (χ0n) is 8.69. The van der Waals surface area contributed by atoms with Gasteiger partial charge in [0.1, 0.15) is 11.6 Å². The monoisotopic (exact) mass is 218 g/mol. The summed E-state index contributed by atoms with van der Waals surface area (Å²) in [5, 5.41) is 8.75. The Labute approximate surface area is 92.3 Å². The maximum Gasteiger partial charge on any atom is 0.348 e. The van der Waals surface area contributed by atoms with Crippen LogP contribution in [-0.4, -0.2) is 23.8 Å². The number of carbonyl (C=O) groups excluding carboxylic acids is 2.